The first-order valence-corrected chi connectivity index (χ1v) is 6.34. The zero-order valence-corrected chi connectivity index (χ0v) is 9.02. The molecule has 0 saturated heterocycles. The normalized spacial score (nSPS) is 4.91. The van der Waals surface area contributed by atoms with Crippen molar-refractivity contribution in [3.05, 3.63) is 0 Å². The standard InChI is InChI=1S/3CH4.FH.H3OPS.P2S2/c;;;;2-1-3;3-1-2-4/h3*1H4;1H;3H,2H2;. The van der Waals surface area contributed by atoms with E-state index in [4.69, 9.17) is 0 Å². The van der Waals surface area contributed by atoms with Crippen LogP contribution in [-0.4, -0.2) is 0 Å². The Kier molecular flexibility index (Phi) is 213. The fourth-order valence-corrected chi connectivity index (χ4v) is 0. The average molecular weight is 276 g/mol. The molecule has 0 aliphatic rings. The first kappa shape index (κ1) is 38.7. The zero-order chi connectivity index (χ0) is 6.12. The molecule has 0 spiro atoms. The van der Waals surface area contributed by atoms with Gasteiger partial charge in [-0.25, -0.2) is 0 Å². The Hall–Kier alpha value is 1.71. The van der Waals surface area contributed by atoms with E-state index in [0.29, 0.717) is 0 Å². The summed E-state index contributed by atoms with van der Waals surface area (Å²) in [5.41, 5.74) is 0. The fraction of sp³-hybridized carbons (Fsp3) is 1.00. The van der Waals surface area contributed by atoms with Crippen LogP contribution in [-0.2, 0) is 27.6 Å². The monoisotopic (exact) mass is 276 g/mol. The van der Waals surface area contributed by atoms with Gasteiger partial charge in [-0.05, 0) is 36.5 Å². The highest BCUT2D eigenvalue weighted by atomic mass is 32.7. The van der Waals surface area contributed by atoms with Crippen LogP contribution in [0.15, 0.2) is 0 Å². The zero-order valence-electron chi connectivity index (χ0n) is 3.55. The number of rotatable bonds is 1. The van der Waals surface area contributed by atoms with E-state index in [1.165, 1.54) is 0 Å². The lowest BCUT2D eigenvalue weighted by molar-refractivity contribution is 0.776. The van der Waals surface area contributed by atoms with Gasteiger partial charge in [-0.2, -0.15) is 0 Å². The van der Waals surface area contributed by atoms with Crippen LogP contribution in [0.2, 0.25) is 0 Å². The predicted molar refractivity (Wildman–Crippen MR) is 71.0 cm³/mol. The number of halogens is 1. The highest BCUT2D eigenvalue weighted by molar-refractivity contribution is 8.40. The molecule has 1 nitrogen and oxygen atoms in total. The second-order valence-electron chi connectivity index (χ2n) is 0.269. The van der Waals surface area contributed by atoms with Crippen molar-refractivity contribution in [3.8, 4) is 0 Å². The summed E-state index contributed by atoms with van der Waals surface area (Å²) in [7, 11) is 3.68. The molecule has 74 valence electrons. The third-order valence-corrected chi connectivity index (χ3v) is 2.70. The lowest BCUT2D eigenvalue weighted by Crippen LogP contribution is -1.13. The summed E-state index contributed by atoms with van der Waals surface area (Å²) < 4.78 is 3.86. The van der Waals surface area contributed by atoms with Crippen molar-refractivity contribution in [1.82, 2.24) is 0 Å². The van der Waals surface area contributed by atoms with Gasteiger partial charge in [-0.15, -0.1) is 0 Å². The van der Waals surface area contributed by atoms with Gasteiger partial charge < -0.3 is 3.97 Å². The van der Waals surface area contributed by atoms with Crippen molar-refractivity contribution in [2.45, 2.75) is 22.3 Å². The van der Waals surface area contributed by atoms with Gasteiger partial charge in [0.05, 0.1) is 0 Å². The van der Waals surface area contributed by atoms with Gasteiger partial charge >= 0.3 is 0 Å². The van der Waals surface area contributed by atoms with E-state index in [1.54, 1.807) is 0 Å². The smallest absolute Gasteiger partial charge is 0.0464 e. The topological polar surface area (TPSA) is 9.23 Å². The minimum atomic E-state index is 0. The van der Waals surface area contributed by atoms with Gasteiger partial charge in [0.25, 0.3) is 0 Å². The van der Waals surface area contributed by atoms with Crippen molar-refractivity contribution >= 4 is 60.1 Å². The maximum atomic E-state index is 4.41. The fourth-order valence-electron chi connectivity index (χ4n) is 0. The van der Waals surface area contributed by atoms with Crippen molar-refractivity contribution < 1.29 is 8.67 Å². The Morgan fingerprint density at radius 2 is 1.18 bits per heavy atom. The molecule has 8 heteroatoms. The molecule has 0 aromatic heterocycles. The first-order chi connectivity index (χ1) is 3.33. The van der Waals surface area contributed by atoms with E-state index >= 15 is 0 Å². The molecule has 0 aliphatic heterocycles. The summed E-state index contributed by atoms with van der Waals surface area (Å²) in [6.45, 7) is 0. The van der Waals surface area contributed by atoms with Crippen LogP contribution in [0.4, 0.5) is 4.70 Å². The van der Waals surface area contributed by atoms with Gasteiger partial charge in [0.2, 0.25) is 0 Å². The number of thiol groups is 1. The maximum Gasteiger partial charge on any atom is 0.0464 e. The van der Waals surface area contributed by atoms with Crippen molar-refractivity contribution in [1.29, 1.82) is 0 Å². The minimum Gasteiger partial charge on any atom is -0.303 e. The molecule has 0 N–H and O–H groups in total. The summed E-state index contributed by atoms with van der Waals surface area (Å²) >= 11 is 12.1. The summed E-state index contributed by atoms with van der Waals surface area (Å²) in [6.07, 6.45) is 0. The molecule has 0 rings (SSSR count). The molecular weight excluding hydrogens is 260 g/mol. The van der Waals surface area contributed by atoms with E-state index in [1.807, 2.05) is 9.47 Å². The minimum absolute atomic E-state index is 0. The summed E-state index contributed by atoms with van der Waals surface area (Å²) in [6, 6.07) is 0. The Bertz CT molecular complexity index is 53.1. The summed E-state index contributed by atoms with van der Waals surface area (Å²) in [5, 5.41) is 0. The van der Waals surface area contributed by atoms with Crippen molar-refractivity contribution in [2.24, 2.45) is 0 Å². The van der Waals surface area contributed by atoms with Crippen LogP contribution in [0.5, 0.6) is 0 Å². The molecule has 0 radical (unpaired) electrons. The third kappa shape index (κ3) is 150. The van der Waals surface area contributed by atoms with Gasteiger partial charge in [0, 0.05) is 23.6 Å². The molecule has 0 aliphatic carbocycles. The van der Waals surface area contributed by atoms with E-state index in [-0.39, 0.29) is 27.0 Å². The molecule has 0 saturated carbocycles. The van der Waals surface area contributed by atoms with Crippen LogP contribution in [0.25, 0.3) is 0 Å². The molecular formula is C3H16FOP3S3. The number of hydrogen-bond donors (Lipinski definition) is 1. The van der Waals surface area contributed by atoms with Crippen LogP contribution >= 0.6 is 36.5 Å². The Labute approximate surface area is 90.9 Å². The average Bonchev–Trinajstić information content (AvgIpc) is 1.69. The molecule has 0 heterocycles. The SMILES string of the molecule is C.C.C.F.POS.S=PP=S. The molecule has 11 heavy (non-hydrogen) atoms. The lowest BCUT2D eigenvalue weighted by Gasteiger charge is -1.57. The highest BCUT2D eigenvalue weighted by Crippen LogP contribution is 2.10. The Morgan fingerprint density at radius 1 is 1.09 bits per heavy atom. The van der Waals surface area contributed by atoms with Crippen molar-refractivity contribution in [3.63, 3.8) is 0 Å². The van der Waals surface area contributed by atoms with E-state index in [9.17, 15) is 0 Å². The van der Waals surface area contributed by atoms with Crippen LogP contribution in [0, 0.1) is 0 Å². The molecule has 1 atom stereocenters. The highest BCUT2D eigenvalue weighted by Gasteiger charge is 1.39. The Morgan fingerprint density at radius 3 is 1.18 bits per heavy atom. The lowest BCUT2D eigenvalue weighted by atomic mass is 12.0. The quantitative estimate of drug-likeness (QED) is 0.431. The van der Waals surface area contributed by atoms with Crippen molar-refractivity contribution in [2.75, 3.05) is 0 Å². The molecule has 0 bridgehead atoms. The van der Waals surface area contributed by atoms with Gasteiger partial charge in [-0.3, -0.25) is 4.70 Å². The van der Waals surface area contributed by atoms with E-state index in [0.717, 1.165) is 14.1 Å². The summed E-state index contributed by atoms with van der Waals surface area (Å²) in [5.74, 6) is 0. The van der Waals surface area contributed by atoms with E-state index < -0.39 is 0 Å². The predicted octanol–water partition coefficient (Wildman–Crippen LogP) is 4.42. The number of hydrogen-bond acceptors (Lipinski definition) is 4. The second-order valence-corrected chi connectivity index (χ2v) is 5.36. The van der Waals surface area contributed by atoms with Gasteiger partial charge in [-0.1, -0.05) is 22.3 Å². The second kappa shape index (κ2) is 60.5. The molecule has 1 unspecified atom stereocenters. The van der Waals surface area contributed by atoms with E-state index in [2.05, 4.69) is 40.5 Å². The maximum absolute atomic E-state index is 4.41. The van der Waals surface area contributed by atoms with Crippen LogP contribution in [0.1, 0.15) is 22.3 Å². The molecule has 0 fully saturated rings. The summed E-state index contributed by atoms with van der Waals surface area (Å²) in [4.78, 5) is 0. The third-order valence-electron chi connectivity index (χ3n) is 0.0333. The molecule has 0 aromatic carbocycles. The molecule has 0 amide bonds. The van der Waals surface area contributed by atoms with Gasteiger partial charge in [0.1, 0.15) is 0 Å². The van der Waals surface area contributed by atoms with Crippen LogP contribution in [0.3, 0.4) is 0 Å². The van der Waals surface area contributed by atoms with Crippen LogP contribution < -0.4 is 0 Å². The Balaban J connectivity index is -0.00000000848. The molecule has 0 aromatic rings. The van der Waals surface area contributed by atoms with Gasteiger partial charge in [0.15, 0.2) is 0 Å². The first-order valence-electron chi connectivity index (χ1n) is 0.983. The largest absolute Gasteiger partial charge is 0.303 e.